The van der Waals surface area contributed by atoms with Gasteiger partial charge in [-0.3, -0.25) is 9.78 Å². The van der Waals surface area contributed by atoms with Crippen molar-refractivity contribution in [2.24, 2.45) is 0 Å². The molecule has 0 aliphatic rings. The molecular weight excluding hydrogens is 294 g/mol. The van der Waals surface area contributed by atoms with Crippen LogP contribution >= 0.6 is 11.3 Å². The summed E-state index contributed by atoms with van der Waals surface area (Å²) in [5.41, 5.74) is 1.85. The molecule has 0 unspecified atom stereocenters. The highest BCUT2D eigenvalue weighted by molar-refractivity contribution is 7.09. The van der Waals surface area contributed by atoms with Crippen LogP contribution in [0.4, 0.5) is 0 Å². The molecule has 2 heterocycles. The predicted molar refractivity (Wildman–Crippen MR) is 90.7 cm³/mol. The topological polar surface area (TPSA) is 46.1 Å². The molecule has 22 heavy (non-hydrogen) atoms. The van der Waals surface area contributed by atoms with E-state index in [-0.39, 0.29) is 5.91 Å². The average Bonchev–Trinajstić information content (AvgIpc) is 2.95. The fourth-order valence-corrected chi connectivity index (χ4v) is 2.70. The zero-order chi connectivity index (χ0) is 15.8. The van der Waals surface area contributed by atoms with Crippen molar-refractivity contribution in [3.63, 3.8) is 0 Å². The Bertz CT molecular complexity index is 622. The molecule has 0 aromatic carbocycles. The molecule has 0 saturated heterocycles. The summed E-state index contributed by atoms with van der Waals surface area (Å²) >= 11 is 1.59. The van der Waals surface area contributed by atoms with Crippen LogP contribution in [-0.2, 0) is 11.2 Å². The first kappa shape index (κ1) is 16.4. The summed E-state index contributed by atoms with van der Waals surface area (Å²) in [7, 11) is 0. The van der Waals surface area contributed by atoms with E-state index >= 15 is 0 Å². The van der Waals surface area contributed by atoms with Crippen LogP contribution in [0.25, 0.3) is 6.08 Å². The highest BCUT2D eigenvalue weighted by Crippen LogP contribution is 2.09. The number of amides is 1. The third kappa shape index (κ3) is 5.07. The molecule has 5 heteroatoms. The van der Waals surface area contributed by atoms with Crippen molar-refractivity contribution < 1.29 is 4.79 Å². The molecule has 0 aliphatic carbocycles. The third-order valence-corrected chi connectivity index (χ3v) is 3.99. The highest BCUT2D eigenvalue weighted by atomic mass is 32.1. The molecule has 4 nitrogen and oxygen atoms in total. The highest BCUT2D eigenvalue weighted by Gasteiger charge is 2.10. The number of pyridine rings is 1. The van der Waals surface area contributed by atoms with Crippen LogP contribution in [0.1, 0.15) is 29.7 Å². The first-order valence-corrected chi connectivity index (χ1v) is 8.36. The second-order valence-corrected chi connectivity index (χ2v) is 6.08. The largest absolute Gasteiger partial charge is 0.339 e. The third-order valence-electron chi connectivity index (χ3n) is 3.20. The summed E-state index contributed by atoms with van der Waals surface area (Å²) in [5, 5.41) is 2.96. The van der Waals surface area contributed by atoms with Gasteiger partial charge in [0, 0.05) is 42.9 Å². The lowest BCUT2D eigenvalue weighted by molar-refractivity contribution is -0.126. The number of hydrogen-bond acceptors (Lipinski definition) is 4. The summed E-state index contributed by atoms with van der Waals surface area (Å²) in [5.74, 6) is 0.0310. The van der Waals surface area contributed by atoms with E-state index in [4.69, 9.17) is 0 Å². The Morgan fingerprint density at radius 1 is 1.36 bits per heavy atom. The van der Waals surface area contributed by atoms with E-state index in [0.717, 1.165) is 35.8 Å². The molecule has 2 rings (SSSR count). The Balaban J connectivity index is 1.94. The maximum atomic E-state index is 12.3. The second kappa shape index (κ2) is 8.44. The first-order chi connectivity index (χ1) is 10.7. The molecule has 0 saturated carbocycles. The van der Waals surface area contributed by atoms with Gasteiger partial charge >= 0.3 is 0 Å². The molecule has 0 aliphatic heterocycles. The number of aromatic nitrogens is 2. The van der Waals surface area contributed by atoms with E-state index in [1.807, 2.05) is 35.4 Å². The van der Waals surface area contributed by atoms with Gasteiger partial charge in [-0.15, -0.1) is 11.3 Å². The van der Waals surface area contributed by atoms with Crippen molar-refractivity contribution in [3.05, 3.63) is 52.2 Å². The minimum Gasteiger partial charge on any atom is -0.339 e. The van der Waals surface area contributed by atoms with Gasteiger partial charge in [-0.1, -0.05) is 13.0 Å². The summed E-state index contributed by atoms with van der Waals surface area (Å²) in [6, 6.07) is 5.86. The Morgan fingerprint density at radius 3 is 2.86 bits per heavy atom. The van der Waals surface area contributed by atoms with E-state index in [1.54, 1.807) is 29.7 Å². The lowest BCUT2D eigenvalue weighted by atomic mass is 10.2. The van der Waals surface area contributed by atoms with Crippen LogP contribution < -0.4 is 0 Å². The van der Waals surface area contributed by atoms with Crippen molar-refractivity contribution in [3.8, 4) is 0 Å². The Labute approximate surface area is 135 Å². The minimum absolute atomic E-state index is 0.0310. The lowest BCUT2D eigenvalue weighted by Gasteiger charge is -2.20. The summed E-state index contributed by atoms with van der Waals surface area (Å²) in [4.78, 5) is 22.8. The maximum absolute atomic E-state index is 12.3. The molecule has 0 N–H and O–H groups in total. The van der Waals surface area contributed by atoms with Crippen LogP contribution in [0.5, 0.6) is 0 Å². The Hall–Kier alpha value is -2.01. The number of hydrogen-bond donors (Lipinski definition) is 0. The van der Waals surface area contributed by atoms with Crippen molar-refractivity contribution in [2.75, 3.05) is 13.1 Å². The van der Waals surface area contributed by atoms with Gasteiger partial charge < -0.3 is 4.90 Å². The molecule has 116 valence electrons. The number of carbonyl (C=O) groups excluding carboxylic acids is 1. The fourth-order valence-electron chi connectivity index (χ4n) is 2.12. The molecule has 2 aromatic rings. The minimum atomic E-state index is 0.0310. The fraction of sp³-hybridized carbons (Fsp3) is 0.353. The monoisotopic (exact) mass is 315 g/mol. The standard InChI is InChI=1S/C17H21N3OS/c1-3-11-20(12-9-15-6-4-5-10-18-15)17(21)8-7-16-13-22-14(2)19-16/h4-8,10,13H,3,9,11-12H2,1-2H3/b8-7+. The van der Waals surface area contributed by atoms with Gasteiger partial charge in [-0.25, -0.2) is 4.98 Å². The summed E-state index contributed by atoms with van der Waals surface area (Å²) in [6.45, 7) is 5.48. The van der Waals surface area contributed by atoms with Crippen molar-refractivity contribution >= 4 is 23.3 Å². The SMILES string of the molecule is CCCN(CCc1ccccn1)C(=O)/C=C/c1csc(C)n1. The maximum Gasteiger partial charge on any atom is 0.246 e. The zero-order valence-electron chi connectivity index (χ0n) is 13.0. The Kier molecular flexibility index (Phi) is 6.27. The molecule has 1 amide bonds. The molecule has 0 fully saturated rings. The number of nitrogens with zero attached hydrogens (tertiary/aromatic N) is 3. The van der Waals surface area contributed by atoms with Crippen LogP contribution in [0.15, 0.2) is 35.9 Å². The van der Waals surface area contributed by atoms with Gasteiger partial charge in [0.25, 0.3) is 0 Å². The second-order valence-electron chi connectivity index (χ2n) is 5.02. The molecule has 0 radical (unpaired) electrons. The lowest BCUT2D eigenvalue weighted by Crippen LogP contribution is -2.32. The number of aryl methyl sites for hydroxylation is 1. The van der Waals surface area contributed by atoms with E-state index in [0.29, 0.717) is 6.54 Å². The number of thiazole rings is 1. The van der Waals surface area contributed by atoms with Gasteiger partial charge in [0.2, 0.25) is 5.91 Å². The van der Waals surface area contributed by atoms with E-state index in [1.165, 1.54) is 0 Å². The summed E-state index contributed by atoms with van der Waals surface area (Å²) < 4.78 is 0. The molecule has 0 spiro atoms. The first-order valence-electron chi connectivity index (χ1n) is 7.48. The molecule has 0 atom stereocenters. The van der Waals surface area contributed by atoms with Crippen LogP contribution in [0.2, 0.25) is 0 Å². The summed E-state index contributed by atoms with van der Waals surface area (Å²) in [6.07, 6.45) is 6.90. The van der Waals surface area contributed by atoms with Gasteiger partial charge in [-0.2, -0.15) is 0 Å². The smallest absolute Gasteiger partial charge is 0.246 e. The van der Waals surface area contributed by atoms with E-state index < -0.39 is 0 Å². The quantitative estimate of drug-likeness (QED) is 0.736. The van der Waals surface area contributed by atoms with Gasteiger partial charge in [0.15, 0.2) is 0 Å². The van der Waals surface area contributed by atoms with E-state index in [9.17, 15) is 4.79 Å². The molecule has 0 bridgehead atoms. The van der Waals surface area contributed by atoms with Crippen LogP contribution in [0.3, 0.4) is 0 Å². The number of carbonyl (C=O) groups is 1. The average molecular weight is 315 g/mol. The van der Waals surface area contributed by atoms with Crippen LogP contribution in [-0.4, -0.2) is 33.9 Å². The van der Waals surface area contributed by atoms with Crippen LogP contribution in [0, 0.1) is 6.92 Å². The van der Waals surface area contributed by atoms with Gasteiger partial charge in [-0.05, 0) is 31.6 Å². The van der Waals surface area contributed by atoms with Gasteiger partial charge in [0.1, 0.15) is 0 Å². The normalized spacial score (nSPS) is 11.0. The number of rotatable bonds is 7. The van der Waals surface area contributed by atoms with Crippen molar-refractivity contribution in [1.82, 2.24) is 14.9 Å². The van der Waals surface area contributed by atoms with Crippen molar-refractivity contribution in [2.45, 2.75) is 26.7 Å². The zero-order valence-corrected chi connectivity index (χ0v) is 13.8. The predicted octanol–water partition coefficient (Wildman–Crippen LogP) is 3.34. The molecular formula is C17H21N3OS. The Morgan fingerprint density at radius 2 is 2.23 bits per heavy atom. The molecule has 2 aromatic heterocycles. The van der Waals surface area contributed by atoms with E-state index in [2.05, 4.69) is 16.9 Å². The van der Waals surface area contributed by atoms with Gasteiger partial charge in [0.05, 0.1) is 10.7 Å². The van der Waals surface area contributed by atoms with Crippen molar-refractivity contribution in [1.29, 1.82) is 0 Å².